The molecule has 2 aromatic carbocycles. The summed E-state index contributed by atoms with van der Waals surface area (Å²) in [4.78, 5) is 30.3. The van der Waals surface area contributed by atoms with Gasteiger partial charge in [-0.1, -0.05) is 66.7 Å². The summed E-state index contributed by atoms with van der Waals surface area (Å²) < 4.78 is 1.15. The first-order chi connectivity index (χ1) is 24.3. The third-order valence-electron chi connectivity index (χ3n) is 8.50. The van der Waals surface area contributed by atoms with Gasteiger partial charge in [-0.15, -0.1) is 11.3 Å². The van der Waals surface area contributed by atoms with E-state index in [2.05, 4.69) is 76.7 Å². The molecule has 0 unspecified atom stereocenters. The molecule has 0 amide bonds. The molecule has 0 N–H and O–H groups in total. The predicted molar refractivity (Wildman–Crippen MR) is 199 cm³/mol. The quantitative estimate of drug-likeness (QED) is 0.179. The van der Waals surface area contributed by atoms with Crippen LogP contribution in [0, 0.1) is 0 Å². The molecule has 49 heavy (non-hydrogen) atoms. The molecule has 0 saturated heterocycles. The second-order valence-electron chi connectivity index (χ2n) is 11.6. The van der Waals surface area contributed by atoms with Crippen molar-refractivity contribution in [2.24, 2.45) is 0 Å². The molecule has 0 aliphatic rings. The molecular formula is C42H26N6S. The van der Waals surface area contributed by atoms with E-state index in [-0.39, 0.29) is 0 Å². The van der Waals surface area contributed by atoms with Gasteiger partial charge in [-0.05, 0) is 77.9 Å². The Morgan fingerprint density at radius 2 is 0.980 bits per heavy atom. The number of pyridine rings is 6. The minimum atomic E-state index is 0.783. The largest absolute Gasteiger partial charge is 0.256 e. The normalized spacial score (nSPS) is 11.3. The van der Waals surface area contributed by atoms with Crippen molar-refractivity contribution in [3.8, 4) is 67.0 Å². The third kappa shape index (κ3) is 5.32. The summed E-state index contributed by atoms with van der Waals surface area (Å²) in [7, 11) is 0. The molecule has 9 rings (SSSR count). The Morgan fingerprint density at radius 3 is 1.57 bits per heavy atom. The second kappa shape index (κ2) is 12.3. The van der Waals surface area contributed by atoms with E-state index in [4.69, 9.17) is 19.9 Å². The minimum absolute atomic E-state index is 0.783. The Bertz CT molecular complexity index is 2520. The lowest BCUT2D eigenvalue weighted by Crippen LogP contribution is -1.94. The first kappa shape index (κ1) is 28.8. The highest BCUT2D eigenvalue weighted by Gasteiger charge is 2.24. The number of nitrogens with zero attached hydrogens (tertiary/aromatic N) is 6. The summed E-state index contributed by atoms with van der Waals surface area (Å²) >= 11 is 1.74. The van der Waals surface area contributed by atoms with Crippen LogP contribution in [0.2, 0.25) is 0 Å². The molecule has 0 saturated carbocycles. The van der Waals surface area contributed by atoms with Crippen LogP contribution in [0.25, 0.3) is 88.0 Å². The van der Waals surface area contributed by atoms with Crippen LogP contribution in [-0.4, -0.2) is 29.9 Å². The van der Waals surface area contributed by atoms with Crippen LogP contribution in [0.1, 0.15) is 0 Å². The van der Waals surface area contributed by atoms with E-state index in [1.54, 1.807) is 23.7 Å². The van der Waals surface area contributed by atoms with Gasteiger partial charge >= 0.3 is 0 Å². The van der Waals surface area contributed by atoms with E-state index < -0.39 is 0 Å². The van der Waals surface area contributed by atoms with Gasteiger partial charge in [0.05, 0.1) is 50.3 Å². The highest BCUT2D eigenvalue weighted by Crippen LogP contribution is 2.49. The Morgan fingerprint density at radius 1 is 0.408 bits per heavy atom. The fourth-order valence-corrected chi connectivity index (χ4v) is 7.57. The van der Waals surface area contributed by atoms with Gasteiger partial charge in [0.1, 0.15) is 0 Å². The van der Waals surface area contributed by atoms with Crippen molar-refractivity contribution in [1.29, 1.82) is 0 Å². The predicted octanol–water partition coefficient (Wildman–Crippen LogP) is 10.4. The van der Waals surface area contributed by atoms with Crippen molar-refractivity contribution in [1.82, 2.24) is 29.9 Å². The van der Waals surface area contributed by atoms with Gasteiger partial charge in [0.2, 0.25) is 0 Å². The smallest absolute Gasteiger partial charge is 0.0900 e. The molecule has 0 radical (unpaired) electrons. The third-order valence-corrected chi connectivity index (χ3v) is 9.74. The van der Waals surface area contributed by atoms with Gasteiger partial charge in [-0.3, -0.25) is 19.9 Å². The molecule has 9 aromatic rings. The van der Waals surface area contributed by atoms with Crippen LogP contribution >= 0.6 is 11.3 Å². The molecule has 0 aliphatic carbocycles. The van der Waals surface area contributed by atoms with Gasteiger partial charge in [-0.2, -0.15) is 0 Å². The van der Waals surface area contributed by atoms with Crippen LogP contribution in [0.4, 0.5) is 0 Å². The van der Waals surface area contributed by atoms with Gasteiger partial charge < -0.3 is 0 Å². The standard InChI is InChI=1S/C42H26N6S/c1-2-12-27(13-3-1)40-39-38(33-16-6-10-22-45-33)42(34-17-7-11-23-46-34)49-41(39)30-19-18-28(24-35(30)48-40)29-25-36(31-14-4-8-20-43-31)47-37(26-29)32-15-5-9-21-44-32/h1-26H. The monoisotopic (exact) mass is 646 g/mol. The number of hydrogen-bond donors (Lipinski definition) is 0. The van der Waals surface area contributed by atoms with Crippen LogP contribution in [-0.2, 0) is 0 Å². The molecule has 0 bridgehead atoms. The second-order valence-corrected chi connectivity index (χ2v) is 12.6. The number of thiophene rings is 1. The van der Waals surface area contributed by atoms with Crippen molar-refractivity contribution in [3.05, 3.63) is 158 Å². The van der Waals surface area contributed by atoms with E-state index in [1.807, 2.05) is 79.1 Å². The van der Waals surface area contributed by atoms with Crippen LogP contribution < -0.4 is 0 Å². The molecule has 230 valence electrons. The summed E-state index contributed by atoms with van der Waals surface area (Å²) in [6.45, 7) is 0. The van der Waals surface area contributed by atoms with Crippen molar-refractivity contribution < 1.29 is 0 Å². The molecular weight excluding hydrogens is 621 g/mol. The zero-order valence-electron chi connectivity index (χ0n) is 26.1. The van der Waals surface area contributed by atoms with E-state index in [1.165, 1.54) is 0 Å². The fraction of sp³-hybridized carbons (Fsp3) is 0. The molecule has 7 heterocycles. The molecule has 0 atom stereocenters. The summed E-state index contributed by atoms with van der Waals surface area (Å²) in [6, 6.07) is 45.0. The van der Waals surface area contributed by atoms with Crippen LogP contribution in [0.3, 0.4) is 0 Å². The fourth-order valence-electron chi connectivity index (χ4n) is 6.24. The van der Waals surface area contributed by atoms with E-state index in [0.717, 1.165) is 88.0 Å². The van der Waals surface area contributed by atoms with Gasteiger partial charge in [-0.25, -0.2) is 9.97 Å². The number of fused-ring (bicyclic) bond motifs is 3. The average molecular weight is 647 g/mol. The Balaban J connectivity index is 1.32. The lowest BCUT2D eigenvalue weighted by atomic mass is 9.97. The highest BCUT2D eigenvalue weighted by molar-refractivity contribution is 7.24. The summed E-state index contributed by atoms with van der Waals surface area (Å²) in [6.07, 6.45) is 7.27. The van der Waals surface area contributed by atoms with E-state index in [9.17, 15) is 0 Å². The first-order valence-electron chi connectivity index (χ1n) is 15.9. The average Bonchev–Trinajstić information content (AvgIpc) is 3.60. The van der Waals surface area contributed by atoms with Crippen molar-refractivity contribution in [2.45, 2.75) is 0 Å². The molecule has 6 nitrogen and oxygen atoms in total. The molecule has 7 heteroatoms. The van der Waals surface area contributed by atoms with E-state index in [0.29, 0.717) is 0 Å². The number of rotatable bonds is 6. The Kier molecular flexibility index (Phi) is 7.22. The zero-order chi connectivity index (χ0) is 32.6. The topological polar surface area (TPSA) is 77.3 Å². The lowest BCUT2D eigenvalue weighted by molar-refractivity contribution is 1.22. The van der Waals surface area contributed by atoms with Gasteiger partial charge in [0.25, 0.3) is 0 Å². The first-order valence-corrected chi connectivity index (χ1v) is 16.8. The highest BCUT2D eigenvalue weighted by atomic mass is 32.1. The molecule has 7 aromatic heterocycles. The van der Waals surface area contributed by atoms with Crippen molar-refractivity contribution in [3.63, 3.8) is 0 Å². The zero-order valence-corrected chi connectivity index (χ0v) is 26.9. The number of aromatic nitrogens is 6. The van der Waals surface area contributed by atoms with Gasteiger partial charge in [0.15, 0.2) is 0 Å². The Labute approximate surface area is 286 Å². The molecule has 0 fully saturated rings. The molecule has 0 spiro atoms. The summed E-state index contributed by atoms with van der Waals surface area (Å²) in [5.74, 6) is 0. The van der Waals surface area contributed by atoms with Gasteiger partial charge in [0, 0.05) is 51.4 Å². The van der Waals surface area contributed by atoms with Crippen LogP contribution in [0.5, 0.6) is 0 Å². The SMILES string of the molecule is c1ccc(-c2nc3cc(-c4cc(-c5ccccn5)nc(-c5ccccn5)c4)ccc3c3sc(-c4ccccn4)c(-c4ccccn4)c23)cc1. The molecule has 0 aliphatic heterocycles. The summed E-state index contributed by atoms with van der Waals surface area (Å²) in [5, 5.41) is 2.15. The van der Waals surface area contributed by atoms with E-state index >= 15 is 0 Å². The minimum Gasteiger partial charge on any atom is -0.256 e. The van der Waals surface area contributed by atoms with Crippen LogP contribution in [0.15, 0.2) is 158 Å². The van der Waals surface area contributed by atoms with Crippen molar-refractivity contribution >= 4 is 32.3 Å². The summed E-state index contributed by atoms with van der Waals surface area (Å²) in [5.41, 5.74) is 10.9. The lowest BCUT2D eigenvalue weighted by Gasteiger charge is -2.12. The number of hydrogen-bond acceptors (Lipinski definition) is 7. The van der Waals surface area contributed by atoms with Crippen molar-refractivity contribution in [2.75, 3.05) is 0 Å². The maximum Gasteiger partial charge on any atom is 0.0900 e. The maximum absolute atomic E-state index is 5.43. The maximum atomic E-state index is 5.43. The number of benzene rings is 2. The Hall–Kier alpha value is -6.44.